The minimum atomic E-state index is -4.25. The van der Waals surface area contributed by atoms with Crippen molar-refractivity contribution in [3.8, 4) is 0 Å². The van der Waals surface area contributed by atoms with Gasteiger partial charge in [-0.2, -0.15) is 13.2 Å². The summed E-state index contributed by atoms with van der Waals surface area (Å²) in [5.41, 5.74) is 0.265. The van der Waals surface area contributed by atoms with Crippen molar-refractivity contribution in [1.82, 2.24) is 9.80 Å². The molecule has 1 saturated heterocycles. The molecule has 0 radical (unpaired) electrons. The highest BCUT2D eigenvalue weighted by atomic mass is 32.2. The zero-order chi connectivity index (χ0) is 17.3. The normalized spacial score (nSPS) is 17.3. The Labute approximate surface area is 131 Å². The van der Waals surface area contributed by atoms with Gasteiger partial charge in [-0.1, -0.05) is 0 Å². The summed E-state index contributed by atoms with van der Waals surface area (Å²) in [5.74, 6) is -0.349. The van der Waals surface area contributed by atoms with E-state index in [1.54, 1.807) is 0 Å². The number of nitrogens with zero attached hydrogens (tertiary/aromatic N) is 2. The number of carbonyl (C=O) groups is 1. The molecule has 23 heavy (non-hydrogen) atoms. The Morgan fingerprint density at radius 2 is 1.61 bits per heavy atom. The zero-order valence-electron chi connectivity index (χ0n) is 12.1. The molecular formula is C13H16F3N3O3S. The van der Waals surface area contributed by atoms with E-state index in [0.717, 1.165) is 0 Å². The van der Waals surface area contributed by atoms with Gasteiger partial charge in [0.15, 0.2) is 0 Å². The van der Waals surface area contributed by atoms with E-state index in [-0.39, 0.29) is 42.5 Å². The van der Waals surface area contributed by atoms with Crippen molar-refractivity contribution in [3.05, 3.63) is 29.8 Å². The Kier molecular flexibility index (Phi) is 4.97. The number of hydrogen-bond acceptors (Lipinski definition) is 4. The van der Waals surface area contributed by atoms with Crippen molar-refractivity contribution < 1.29 is 26.4 Å². The van der Waals surface area contributed by atoms with Gasteiger partial charge in [-0.3, -0.25) is 9.69 Å². The van der Waals surface area contributed by atoms with Crippen molar-refractivity contribution in [1.29, 1.82) is 0 Å². The Morgan fingerprint density at radius 1 is 1.09 bits per heavy atom. The number of nitrogens with two attached hydrogens (primary N) is 1. The molecule has 0 saturated carbocycles. The number of carbonyl (C=O) groups excluding carboxylic acids is 1. The molecule has 2 N–H and O–H groups in total. The number of primary sulfonamides is 1. The number of sulfonamides is 1. The second-order valence-electron chi connectivity index (χ2n) is 5.25. The van der Waals surface area contributed by atoms with Gasteiger partial charge in [-0.05, 0) is 24.3 Å². The van der Waals surface area contributed by atoms with E-state index in [4.69, 9.17) is 5.14 Å². The van der Waals surface area contributed by atoms with Crippen molar-refractivity contribution in [3.63, 3.8) is 0 Å². The monoisotopic (exact) mass is 351 g/mol. The molecule has 0 bridgehead atoms. The quantitative estimate of drug-likeness (QED) is 0.867. The molecular weight excluding hydrogens is 335 g/mol. The van der Waals surface area contributed by atoms with Gasteiger partial charge in [0.1, 0.15) is 0 Å². The van der Waals surface area contributed by atoms with Crippen LogP contribution in [-0.2, 0) is 10.0 Å². The van der Waals surface area contributed by atoms with E-state index in [0.29, 0.717) is 0 Å². The first kappa shape index (κ1) is 17.7. The number of hydrogen-bond donors (Lipinski definition) is 1. The van der Waals surface area contributed by atoms with Gasteiger partial charge in [-0.15, -0.1) is 0 Å². The van der Waals surface area contributed by atoms with Crippen molar-refractivity contribution in [2.24, 2.45) is 5.14 Å². The van der Waals surface area contributed by atoms with Gasteiger partial charge in [0.25, 0.3) is 5.91 Å². The van der Waals surface area contributed by atoms with Crippen LogP contribution in [0.4, 0.5) is 13.2 Å². The lowest BCUT2D eigenvalue weighted by Crippen LogP contribution is -2.50. The second kappa shape index (κ2) is 6.46. The Balaban J connectivity index is 1.97. The molecule has 0 aromatic heterocycles. The Morgan fingerprint density at radius 3 is 2.04 bits per heavy atom. The first-order valence-electron chi connectivity index (χ1n) is 6.77. The van der Waals surface area contributed by atoms with Crippen molar-refractivity contribution in [2.45, 2.75) is 11.1 Å². The summed E-state index contributed by atoms with van der Waals surface area (Å²) in [6.45, 7) is -0.336. The van der Waals surface area contributed by atoms with Crippen LogP contribution >= 0.6 is 0 Å². The highest BCUT2D eigenvalue weighted by molar-refractivity contribution is 7.89. The van der Waals surface area contributed by atoms with E-state index in [9.17, 15) is 26.4 Å². The molecule has 1 aliphatic heterocycles. The highest BCUT2D eigenvalue weighted by Gasteiger charge is 2.33. The summed E-state index contributed by atoms with van der Waals surface area (Å²) >= 11 is 0. The van der Waals surface area contributed by atoms with Crippen LogP contribution in [0.1, 0.15) is 10.4 Å². The molecule has 128 valence electrons. The lowest BCUT2D eigenvalue weighted by atomic mass is 10.2. The summed E-state index contributed by atoms with van der Waals surface area (Å²) in [4.78, 5) is 14.8. The molecule has 0 spiro atoms. The van der Waals surface area contributed by atoms with Crippen LogP contribution in [0.2, 0.25) is 0 Å². The minimum Gasteiger partial charge on any atom is -0.336 e. The van der Waals surface area contributed by atoms with Crippen molar-refractivity contribution >= 4 is 15.9 Å². The number of rotatable bonds is 3. The lowest BCUT2D eigenvalue weighted by Gasteiger charge is -2.35. The third kappa shape index (κ3) is 4.91. The molecule has 1 aromatic carbocycles. The summed E-state index contributed by atoms with van der Waals surface area (Å²) in [5, 5.41) is 4.97. The third-order valence-electron chi connectivity index (χ3n) is 3.49. The highest BCUT2D eigenvalue weighted by Crippen LogP contribution is 2.18. The van der Waals surface area contributed by atoms with E-state index >= 15 is 0 Å². The SMILES string of the molecule is NS(=O)(=O)c1ccc(C(=O)N2CCN(CC(F)(F)F)CC2)cc1. The smallest absolute Gasteiger partial charge is 0.336 e. The number of halogens is 3. The van der Waals surface area contributed by atoms with Crippen LogP contribution < -0.4 is 5.14 Å². The lowest BCUT2D eigenvalue weighted by molar-refractivity contribution is -0.148. The summed E-state index contributed by atoms with van der Waals surface area (Å²) in [6, 6.07) is 5.12. The molecule has 0 aliphatic carbocycles. The number of alkyl halides is 3. The minimum absolute atomic E-state index is 0.107. The summed E-state index contributed by atoms with van der Waals surface area (Å²) < 4.78 is 59.2. The van der Waals surface area contributed by atoms with Gasteiger partial charge >= 0.3 is 6.18 Å². The Hall–Kier alpha value is -1.65. The number of amides is 1. The summed E-state index contributed by atoms with van der Waals surface area (Å²) in [6.07, 6.45) is -4.25. The molecule has 0 unspecified atom stereocenters. The van der Waals surface area contributed by atoms with Gasteiger partial charge in [0.05, 0.1) is 11.4 Å². The maximum atomic E-state index is 12.3. The molecule has 0 atom stereocenters. The van der Waals surface area contributed by atoms with E-state index in [1.165, 1.54) is 34.1 Å². The average Bonchev–Trinajstić information content (AvgIpc) is 2.45. The Bertz CT molecular complexity index is 666. The van der Waals surface area contributed by atoms with Gasteiger partial charge in [0, 0.05) is 31.7 Å². The maximum Gasteiger partial charge on any atom is 0.401 e. The van der Waals surface area contributed by atoms with Crippen LogP contribution in [0.3, 0.4) is 0 Å². The fourth-order valence-corrected chi connectivity index (χ4v) is 2.85. The van der Waals surface area contributed by atoms with E-state index < -0.39 is 22.7 Å². The molecule has 1 aliphatic rings. The zero-order valence-corrected chi connectivity index (χ0v) is 12.9. The molecule has 1 aromatic rings. The van der Waals surface area contributed by atoms with E-state index in [2.05, 4.69) is 0 Å². The second-order valence-corrected chi connectivity index (χ2v) is 6.81. The average molecular weight is 351 g/mol. The standard InChI is InChI=1S/C13H16F3N3O3S/c14-13(15,16)9-18-5-7-19(8-6-18)12(20)10-1-3-11(4-2-10)23(17,21)22/h1-4H,5-9H2,(H2,17,21,22). The van der Waals surface area contributed by atoms with Crippen LogP contribution in [0, 0.1) is 0 Å². The predicted octanol–water partition coefficient (Wildman–Crippen LogP) is 0.654. The fraction of sp³-hybridized carbons (Fsp3) is 0.462. The van der Waals surface area contributed by atoms with Crippen molar-refractivity contribution in [2.75, 3.05) is 32.7 Å². The first-order chi connectivity index (χ1) is 10.6. The third-order valence-corrected chi connectivity index (χ3v) is 4.42. The van der Waals surface area contributed by atoms with Gasteiger partial charge in [0.2, 0.25) is 10.0 Å². The first-order valence-corrected chi connectivity index (χ1v) is 8.32. The molecule has 1 heterocycles. The van der Waals surface area contributed by atoms with Gasteiger partial charge in [-0.25, -0.2) is 13.6 Å². The maximum absolute atomic E-state index is 12.3. The molecule has 1 fully saturated rings. The molecule has 1 amide bonds. The summed E-state index contributed by atoms with van der Waals surface area (Å²) in [7, 11) is -3.83. The van der Waals surface area contributed by atoms with Crippen LogP contribution in [0.15, 0.2) is 29.2 Å². The van der Waals surface area contributed by atoms with Gasteiger partial charge < -0.3 is 4.90 Å². The molecule has 6 nitrogen and oxygen atoms in total. The largest absolute Gasteiger partial charge is 0.401 e. The van der Waals surface area contributed by atoms with Crippen LogP contribution in [0.25, 0.3) is 0 Å². The predicted molar refractivity (Wildman–Crippen MR) is 76.2 cm³/mol. The number of benzene rings is 1. The van der Waals surface area contributed by atoms with Crippen LogP contribution in [0.5, 0.6) is 0 Å². The molecule has 10 heteroatoms. The topological polar surface area (TPSA) is 83.7 Å². The van der Waals surface area contributed by atoms with Crippen LogP contribution in [-0.4, -0.2) is 63.0 Å². The number of piperazine rings is 1. The van der Waals surface area contributed by atoms with E-state index in [1.807, 2.05) is 0 Å². The molecule has 2 rings (SSSR count). The fourth-order valence-electron chi connectivity index (χ4n) is 2.33.